The summed E-state index contributed by atoms with van der Waals surface area (Å²) in [6.45, 7) is 4.88. The molecular weight excluding hydrogens is 532 g/mol. The summed E-state index contributed by atoms with van der Waals surface area (Å²) in [6, 6.07) is 13.2. The molecule has 7 nitrogen and oxygen atoms in total. The first-order valence-corrected chi connectivity index (χ1v) is 14.4. The van der Waals surface area contributed by atoms with E-state index in [2.05, 4.69) is 33.1 Å². The third-order valence-electron chi connectivity index (χ3n) is 9.56. The number of hydrogen-bond acceptors (Lipinski definition) is 5. The van der Waals surface area contributed by atoms with Gasteiger partial charge in [0.2, 0.25) is 0 Å². The number of carbonyl (C=O) groups is 1. The normalized spacial score (nSPS) is 29.3. The van der Waals surface area contributed by atoms with Gasteiger partial charge in [-0.3, -0.25) is 14.9 Å². The number of nitro benzene ring substituents is 1. The fourth-order valence-corrected chi connectivity index (χ4v) is 8.46. The average Bonchev–Trinajstić information content (AvgIpc) is 2.87. The molecule has 0 radical (unpaired) electrons. The van der Waals surface area contributed by atoms with Crippen LogP contribution in [0.1, 0.15) is 55.8 Å². The molecule has 196 valence electrons. The van der Waals surface area contributed by atoms with Crippen molar-refractivity contribution in [2.24, 2.45) is 23.2 Å². The predicted octanol–water partition coefficient (Wildman–Crippen LogP) is 6.34. The van der Waals surface area contributed by atoms with Crippen LogP contribution in [0.25, 0.3) is 0 Å². The van der Waals surface area contributed by atoms with Crippen LogP contribution in [0.3, 0.4) is 0 Å². The molecule has 5 aliphatic rings. The summed E-state index contributed by atoms with van der Waals surface area (Å²) in [5, 5.41) is 15.6. The van der Waals surface area contributed by atoms with Crippen LogP contribution in [-0.2, 0) is 0 Å². The van der Waals surface area contributed by atoms with Crippen LogP contribution in [0.15, 0.2) is 46.9 Å². The molecule has 1 aliphatic heterocycles. The van der Waals surface area contributed by atoms with Gasteiger partial charge in [0.1, 0.15) is 5.69 Å². The van der Waals surface area contributed by atoms with Gasteiger partial charge in [-0.2, -0.15) is 0 Å². The number of rotatable bonds is 6. The van der Waals surface area contributed by atoms with E-state index in [-0.39, 0.29) is 28.0 Å². The number of nitrogens with zero attached hydrogens (tertiary/aromatic N) is 3. The summed E-state index contributed by atoms with van der Waals surface area (Å²) < 4.78 is 0.894. The number of hydrogen-bond donors (Lipinski definition) is 1. The summed E-state index contributed by atoms with van der Waals surface area (Å²) >= 11 is 3.45. The van der Waals surface area contributed by atoms with Crippen LogP contribution in [-0.4, -0.2) is 48.0 Å². The number of piperazine rings is 1. The van der Waals surface area contributed by atoms with Crippen molar-refractivity contribution >= 4 is 38.9 Å². The van der Waals surface area contributed by atoms with Crippen molar-refractivity contribution in [3.63, 3.8) is 0 Å². The maximum absolute atomic E-state index is 13.0. The number of carbonyl (C=O) groups excluding carboxylic acids is 1. The summed E-state index contributed by atoms with van der Waals surface area (Å²) in [4.78, 5) is 28.7. The van der Waals surface area contributed by atoms with E-state index in [0.29, 0.717) is 37.4 Å². The van der Waals surface area contributed by atoms with Crippen LogP contribution in [0, 0.1) is 33.3 Å². The van der Waals surface area contributed by atoms with Gasteiger partial charge in [0.05, 0.1) is 4.92 Å². The van der Waals surface area contributed by atoms with Gasteiger partial charge in [-0.1, -0.05) is 22.0 Å². The topological polar surface area (TPSA) is 78.7 Å². The van der Waals surface area contributed by atoms with Crippen LogP contribution in [0.5, 0.6) is 0 Å². The quantitative estimate of drug-likeness (QED) is 0.326. The molecule has 1 amide bonds. The maximum atomic E-state index is 13.0. The highest BCUT2D eigenvalue weighted by Crippen LogP contribution is 2.61. The van der Waals surface area contributed by atoms with Gasteiger partial charge < -0.3 is 15.1 Å². The number of halogens is 1. The van der Waals surface area contributed by atoms with Crippen molar-refractivity contribution in [3.8, 4) is 0 Å². The second kappa shape index (κ2) is 9.61. The minimum absolute atomic E-state index is 0.0383. The average molecular weight is 568 g/mol. The highest BCUT2D eigenvalue weighted by molar-refractivity contribution is 9.10. The summed E-state index contributed by atoms with van der Waals surface area (Å²) in [6.07, 6.45) is 7.94. The fraction of sp³-hybridized carbons (Fsp3) is 0.552. The monoisotopic (exact) mass is 566 g/mol. The van der Waals surface area contributed by atoms with Gasteiger partial charge in [0, 0.05) is 54.0 Å². The van der Waals surface area contributed by atoms with Gasteiger partial charge in [0.25, 0.3) is 11.6 Å². The zero-order valence-electron chi connectivity index (χ0n) is 21.4. The molecule has 0 spiro atoms. The van der Waals surface area contributed by atoms with E-state index in [9.17, 15) is 14.9 Å². The molecule has 2 aromatic carbocycles. The van der Waals surface area contributed by atoms with Gasteiger partial charge >= 0.3 is 0 Å². The lowest BCUT2D eigenvalue weighted by Gasteiger charge is -2.59. The van der Waals surface area contributed by atoms with E-state index < -0.39 is 0 Å². The number of anilines is 2. The van der Waals surface area contributed by atoms with E-state index in [0.717, 1.165) is 27.9 Å². The Hall–Kier alpha value is -2.61. The molecule has 5 fully saturated rings. The molecule has 4 aliphatic carbocycles. The highest BCUT2D eigenvalue weighted by atomic mass is 79.9. The third kappa shape index (κ3) is 4.73. The Balaban J connectivity index is 1.17. The summed E-state index contributed by atoms with van der Waals surface area (Å²) in [5.41, 5.74) is 2.68. The number of nitrogens with one attached hydrogen (secondary N) is 1. The molecule has 1 heterocycles. The lowest BCUT2D eigenvalue weighted by Crippen LogP contribution is -2.53. The zero-order chi connectivity index (χ0) is 25.7. The summed E-state index contributed by atoms with van der Waals surface area (Å²) in [7, 11) is 0. The first kappa shape index (κ1) is 24.7. The molecule has 1 atom stereocenters. The van der Waals surface area contributed by atoms with Gasteiger partial charge in [0.15, 0.2) is 0 Å². The second-order valence-electron chi connectivity index (χ2n) is 11.9. The first-order valence-electron chi connectivity index (χ1n) is 13.6. The van der Waals surface area contributed by atoms with Crippen molar-refractivity contribution < 1.29 is 9.72 Å². The standard InChI is InChI=1S/C29H35BrN4O3/c1-19(29-16-20-11-21(17-29)13-22(12-20)18-29)31-26-15-25(5-6-27(26)34(36)37)32-7-9-33(10-8-32)28(35)23-3-2-4-24(30)14-23/h2-6,14-15,19-22,31H,7-13,16-18H2,1H3/t19-,20?,21?,22?,29?/m0/s1. The van der Waals surface area contributed by atoms with Crippen molar-refractivity contribution in [2.45, 2.75) is 51.5 Å². The van der Waals surface area contributed by atoms with Crippen molar-refractivity contribution in [2.75, 3.05) is 36.4 Å². The van der Waals surface area contributed by atoms with E-state index >= 15 is 0 Å². The van der Waals surface area contributed by atoms with E-state index in [1.54, 1.807) is 6.07 Å². The number of benzene rings is 2. The molecule has 4 bridgehead atoms. The molecule has 1 N–H and O–H groups in total. The molecule has 8 heteroatoms. The fourth-order valence-electron chi connectivity index (χ4n) is 8.06. The first-order chi connectivity index (χ1) is 17.8. The minimum Gasteiger partial charge on any atom is -0.376 e. The van der Waals surface area contributed by atoms with Crippen LogP contribution >= 0.6 is 15.9 Å². The Kier molecular flexibility index (Phi) is 6.42. The Labute approximate surface area is 226 Å². The second-order valence-corrected chi connectivity index (χ2v) is 12.8. The van der Waals surface area contributed by atoms with Crippen LogP contribution < -0.4 is 10.2 Å². The predicted molar refractivity (Wildman–Crippen MR) is 149 cm³/mol. The number of amides is 1. The van der Waals surface area contributed by atoms with Gasteiger partial charge in [-0.25, -0.2) is 0 Å². The molecular formula is C29H35BrN4O3. The largest absolute Gasteiger partial charge is 0.376 e. The molecule has 37 heavy (non-hydrogen) atoms. The summed E-state index contributed by atoms with van der Waals surface area (Å²) in [5.74, 6) is 2.56. The molecule has 1 saturated heterocycles. The van der Waals surface area contributed by atoms with Gasteiger partial charge in [-0.15, -0.1) is 0 Å². The van der Waals surface area contributed by atoms with Crippen LogP contribution in [0.2, 0.25) is 0 Å². The molecule has 4 saturated carbocycles. The third-order valence-corrected chi connectivity index (χ3v) is 10.0. The lowest BCUT2D eigenvalue weighted by molar-refractivity contribution is -0.384. The molecule has 0 unspecified atom stereocenters. The van der Waals surface area contributed by atoms with Gasteiger partial charge in [-0.05, 0) is 98.9 Å². The smallest absolute Gasteiger partial charge is 0.292 e. The van der Waals surface area contributed by atoms with E-state index in [1.165, 1.54) is 38.5 Å². The molecule has 2 aromatic rings. The van der Waals surface area contributed by atoms with E-state index in [1.807, 2.05) is 41.3 Å². The Morgan fingerprint density at radius 2 is 1.68 bits per heavy atom. The Morgan fingerprint density at radius 3 is 2.27 bits per heavy atom. The molecule has 0 aromatic heterocycles. The Morgan fingerprint density at radius 1 is 1.03 bits per heavy atom. The van der Waals surface area contributed by atoms with Crippen molar-refractivity contribution in [3.05, 3.63) is 62.6 Å². The SMILES string of the molecule is C[C@H](Nc1cc(N2CCN(C(=O)c3cccc(Br)c3)CC2)ccc1[N+](=O)[O-])C12CC3CC(CC(C3)C1)C2. The lowest BCUT2D eigenvalue weighted by atomic mass is 9.48. The van der Waals surface area contributed by atoms with E-state index in [4.69, 9.17) is 0 Å². The van der Waals surface area contributed by atoms with Crippen molar-refractivity contribution in [1.29, 1.82) is 0 Å². The van der Waals surface area contributed by atoms with Crippen molar-refractivity contribution in [1.82, 2.24) is 4.90 Å². The molecule has 7 rings (SSSR count). The van der Waals surface area contributed by atoms with Crippen LogP contribution in [0.4, 0.5) is 17.1 Å². The maximum Gasteiger partial charge on any atom is 0.292 e. The minimum atomic E-state index is -0.271. The highest BCUT2D eigenvalue weighted by Gasteiger charge is 2.53. The Bertz CT molecular complexity index is 1170. The zero-order valence-corrected chi connectivity index (χ0v) is 23.0. The number of nitro groups is 1.